The molecule has 10 rings (SSSR count). The fourth-order valence-electron chi connectivity index (χ4n) is 7.62. The summed E-state index contributed by atoms with van der Waals surface area (Å²) in [5, 5.41) is 11.0. The van der Waals surface area contributed by atoms with Gasteiger partial charge in [-0.15, -0.1) is 0 Å². The topological polar surface area (TPSA) is 25.8 Å². The minimum atomic E-state index is 0.908. The molecule has 0 amide bonds. The Balaban J connectivity index is 1.24. The van der Waals surface area contributed by atoms with Gasteiger partial charge in [0.1, 0.15) is 0 Å². The van der Waals surface area contributed by atoms with Crippen molar-refractivity contribution in [2.24, 2.45) is 0 Å². The summed E-state index contributed by atoms with van der Waals surface area (Å²) in [6.07, 6.45) is 1.93. The first-order valence-electron chi connectivity index (χ1n) is 17.1. The first kappa shape index (κ1) is 28.4. The molecule has 0 saturated carbocycles. The summed E-state index contributed by atoms with van der Waals surface area (Å²) in [5.74, 6) is 0. The Labute approximate surface area is 290 Å². The molecule has 0 N–H and O–H groups in total. The van der Waals surface area contributed by atoms with Crippen molar-refractivity contribution in [1.82, 2.24) is 9.97 Å². The zero-order valence-corrected chi connectivity index (χ0v) is 27.2. The minimum Gasteiger partial charge on any atom is -0.256 e. The van der Waals surface area contributed by atoms with Gasteiger partial charge in [-0.05, 0) is 108 Å². The third-order valence-corrected chi connectivity index (χ3v) is 10.0. The van der Waals surface area contributed by atoms with Gasteiger partial charge < -0.3 is 0 Å². The van der Waals surface area contributed by atoms with E-state index in [4.69, 9.17) is 9.97 Å². The van der Waals surface area contributed by atoms with Crippen LogP contribution < -0.4 is 0 Å². The molecule has 232 valence electrons. The number of hydrogen-bond acceptors (Lipinski definition) is 2. The molecule has 0 bridgehead atoms. The van der Waals surface area contributed by atoms with Crippen molar-refractivity contribution in [3.63, 3.8) is 0 Å². The monoisotopic (exact) mass is 634 g/mol. The van der Waals surface area contributed by atoms with Crippen molar-refractivity contribution in [2.75, 3.05) is 0 Å². The highest BCUT2D eigenvalue weighted by atomic mass is 14.7. The largest absolute Gasteiger partial charge is 0.256 e. The summed E-state index contributed by atoms with van der Waals surface area (Å²) in [6, 6.07) is 63.4. The van der Waals surface area contributed by atoms with Gasteiger partial charge in [-0.25, -0.2) is 4.98 Å². The summed E-state index contributed by atoms with van der Waals surface area (Å²) in [5.41, 5.74) is 9.82. The van der Waals surface area contributed by atoms with Crippen molar-refractivity contribution in [3.8, 4) is 44.8 Å². The molecular weight excluding hydrogens is 605 g/mol. The maximum absolute atomic E-state index is 5.21. The molecule has 0 aliphatic heterocycles. The number of aromatic nitrogens is 2. The van der Waals surface area contributed by atoms with Crippen LogP contribution in [-0.4, -0.2) is 9.97 Å². The van der Waals surface area contributed by atoms with E-state index in [1.54, 1.807) is 0 Å². The van der Waals surface area contributed by atoms with E-state index in [0.29, 0.717) is 0 Å². The first-order valence-corrected chi connectivity index (χ1v) is 17.1. The van der Waals surface area contributed by atoms with Gasteiger partial charge >= 0.3 is 0 Å². The van der Waals surface area contributed by atoms with Gasteiger partial charge in [0, 0.05) is 22.7 Å². The van der Waals surface area contributed by atoms with Gasteiger partial charge in [0.15, 0.2) is 0 Å². The predicted molar refractivity (Wildman–Crippen MR) is 211 cm³/mol. The lowest BCUT2D eigenvalue weighted by Gasteiger charge is -2.19. The number of fused-ring (bicyclic) bond motifs is 5. The molecule has 0 saturated heterocycles. The van der Waals surface area contributed by atoms with Crippen LogP contribution in [0.5, 0.6) is 0 Å². The van der Waals surface area contributed by atoms with Gasteiger partial charge in [0.2, 0.25) is 0 Å². The maximum atomic E-state index is 5.21. The first-order chi connectivity index (χ1) is 24.8. The molecule has 10 aromatic rings. The summed E-state index contributed by atoms with van der Waals surface area (Å²) < 4.78 is 0. The molecule has 2 aromatic heterocycles. The van der Waals surface area contributed by atoms with Crippen molar-refractivity contribution >= 4 is 54.0 Å². The molecule has 2 heterocycles. The quantitative estimate of drug-likeness (QED) is 0.180. The number of nitrogens with zero attached hydrogens (tertiary/aromatic N) is 2. The second-order valence-electron chi connectivity index (χ2n) is 13.0. The average Bonchev–Trinajstić information content (AvgIpc) is 3.19. The normalized spacial score (nSPS) is 11.6. The maximum Gasteiger partial charge on any atom is 0.0725 e. The lowest BCUT2D eigenvalue weighted by atomic mass is 9.84. The molecule has 0 fully saturated rings. The highest BCUT2D eigenvalue weighted by Crippen LogP contribution is 2.45. The SMILES string of the molecule is c1cc(-c2cnc3ccccc3c2)nc(-c2ccc3c(-c4ccc5ccccc5c4)c4ccccc4c(-c4ccc5ccccc5c4)c3c2)c1. The number of rotatable bonds is 4. The van der Waals surface area contributed by atoms with E-state index >= 15 is 0 Å². The predicted octanol–water partition coefficient (Wildman–Crippen LogP) is 12.9. The van der Waals surface area contributed by atoms with Crippen LogP contribution in [0.1, 0.15) is 0 Å². The molecule has 0 radical (unpaired) electrons. The molecule has 0 atom stereocenters. The van der Waals surface area contributed by atoms with Crippen LogP contribution in [0.2, 0.25) is 0 Å². The van der Waals surface area contributed by atoms with Gasteiger partial charge in [0.05, 0.1) is 16.9 Å². The third kappa shape index (κ3) is 4.73. The van der Waals surface area contributed by atoms with Crippen LogP contribution in [0.15, 0.2) is 182 Å². The minimum absolute atomic E-state index is 0.908. The highest BCUT2D eigenvalue weighted by molar-refractivity contribution is 6.22. The molecule has 0 aliphatic carbocycles. The van der Waals surface area contributed by atoms with Crippen molar-refractivity contribution < 1.29 is 0 Å². The number of pyridine rings is 2. The number of para-hydroxylation sites is 1. The summed E-state index contributed by atoms with van der Waals surface area (Å²) in [6.45, 7) is 0. The van der Waals surface area contributed by atoms with Gasteiger partial charge in [-0.3, -0.25) is 4.98 Å². The lowest BCUT2D eigenvalue weighted by Crippen LogP contribution is -1.93. The summed E-state index contributed by atoms with van der Waals surface area (Å²) >= 11 is 0. The summed E-state index contributed by atoms with van der Waals surface area (Å²) in [4.78, 5) is 9.92. The Morgan fingerprint density at radius 2 is 0.800 bits per heavy atom. The fourth-order valence-corrected chi connectivity index (χ4v) is 7.62. The van der Waals surface area contributed by atoms with Crippen LogP contribution in [0.25, 0.3) is 98.8 Å². The third-order valence-electron chi connectivity index (χ3n) is 10.0. The standard InChI is InChI=1S/C48H30N2/c1-3-12-33-26-37(22-20-31(33)10-1)47-40-15-6-7-16-41(40)48(38-23-21-32-11-2-4-13-34(32)27-38)43-29-36(24-25-42(43)47)45-18-9-19-46(50-45)39-28-35-14-5-8-17-44(35)49-30-39/h1-30H. The zero-order chi connectivity index (χ0) is 33.0. The van der Waals surface area contributed by atoms with E-state index in [9.17, 15) is 0 Å². The van der Waals surface area contributed by atoms with Crippen molar-refractivity contribution in [1.29, 1.82) is 0 Å². The van der Waals surface area contributed by atoms with Crippen LogP contribution in [-0.2, 0) is 0 Å². The second-order valence-corrected chi connectivity index (χ2v) is 13.0. The molecule has 0 aliphatic rings. The molecule has 50 heavy (non-hydrogen) atoms. The smallest absolute Gasteiger partial charge is 0.0725 e. The molecule has 2 heteroatoms. The van der Waals surface area contributed by atoms with E-state index in [2.05, 4.69) is 164 Å². The van der Waals surface area contributed by atoms with Crippen molar-refractivity contribution in [3.05, 3.63) is 182 Å². The molecule has 0 unspecified atom stereocenters. The highest BCUT2D eigenvalue weighted by Gasteiger charge is 2.18. The van der Waals surface area contributed by atoms with Crippen LogP contribution in [0.3, 0.4) is 0 Å². The van der Waals surface area contributed by atoms with Gasteiger partial charge in [0.25, 0.3) is 0 Å². The Hall–Kier alpha value is -6.64. The van der Waals surface area contributed by atoms with Gasteiger partial charge in [-0.1, -0.05) is 133 Å². The molecular formula is C48H30N2. The molecule has 0 spiro atoms. The Bertz CT molecular complexity index is 2940. The average molecular weight is 635 g/mol. The van der Waals surface area contributed by atoms with E-state index in [0.717, 1.165) is 33.4 Å². The molecule has 2 nitrogen and oxygen atoms in total. The lowest BCUT2D eigenvalue weighted by molar-refractivity contribution is 1.31. The van der Waals surface area contributed by atoms with E-state index in [1.807, 2.05) is 18.3 Å². The van der Waals surface area contributed by atoms with E-state index in [-0.39, 0.29) is 0 Å². The second kappa shape index (κ2) is 11.5. The van der Waals surface area contributed by atoms with Crippen LogP contribution in [0.4, 0.5) is 0 Å². The number of benzene rings is 8. The van der Waals surface area contributed by atoms with Crippen LogP contribution in [0, 0.1) is 0 Å². The Morgan fingerprint density at radius 3 is 1.48 bits per heavy atom. The Kier molecular flexibility index (Phi) is 6.53. The van der Waals surface area contributed by atoms with Crippen LogP contribution >= 0.6 is 0 Å². The fraction of sp³-hybridized carbons (Fsp3) is 0. The van der Waals surface area contributed by atoms with Crippen molar-refractivity contribution in [2.45, 2.75) is 0 Å². The number of hydrogen-bond donors (Lipinski definition) is 0. The summed E-state index contributed by atoms with van der Waals surface area (Å²) in [7, 11) is 0. The Morgan fingerprint density at radius 1 is 0.300 bits per heavy atom. The zero-order valence-electron chi connectivity index (χ0n) is 27.2. The molecule has 8 aromatic carbocycles. The van der Waals surface area contributed by atoms with E-state index in [1.165, 1.54) is 65.3 Å². The van der Waals surface area contributed by atoms with E-state index < -0.39 is 0 Å². The van der Waals surface area contributed by atoms with Gasteiger partial charge in [-0.2, -0.15) is 0 Å².